The number of amides is 2. The number of ether oxygens (including phenoxy) is 1. The Hall–Kier alpha value is -2.35. The van der Waals surface area contributed by atoms with Crippen LogP contribution < -0.4 is 5.32 Å². The van der Waals surface area contributed by atoms with Crippen LogP contribution in [0.4, 0.5) is 5.69 Å². The maximum Gasteiger partial charge on any atom is 0.337 e. The van der Waals surface area contributed by atoms with Crippen molar-refractivity contribution in [3.63, 3.8) is 0 Å². The third-order valence-electron chi connectivity index (χ3n) is 3.55. The van der Waals surface area contributed by atoms with Crippen molar-refractivity contribution in [2.45, 2.75) is 11.7 Å². The van der Waals surface area contributed by atoms with Gasteiger partial charge >= 0.3 is 5.97 Å². The van der Waals surface area contributed by atoms with Crippen LogP contribution in [0, 0.1) is 0 Å². The fourth-order valence-electron chi connectivity index (χ4n) is 2.40. The smallest absolute Gasteiger partial charge is 0.337 e. The maximum atomic E-state index is 12.1. The van der Waals surface area contributed by atoms with Gasteiger partial charge in [-0.1, -0.05) is 11.8 Å². The van der Waals surface area contributed by atoms with Gasteiger partial charge < -0.3 is 10.1 Å². The van der Waals surface area contributed by atoms with Gasteiger partial charge in [0.25, 0.3) is 0 Å². The van der Waals surface area contributed by atoms with E-state index in [0.29, 0.717) is 24.3 Å². The molecule has 2 amide bonds. The van der Waals surface area contributed by atoms with Crippen LogP contribution in [0.3, 0.4) is 0 Å². The number of rotatable bonds is 4. The number of hydrogen-bond acceptors (Lipinski definition) is 6. The molecule has 1 aromatic rings. The van der Waals surface area contributed by atoms with Crippen molar-refractivity contribution in [3.8, 4) is 0 Å². The molecule has 0 aliphatic carbocycles. The summed E-state index contributed by atoms with van der Waals surface area (Å²) in [7, 11) is 1.31. The number of amidine groups is 1. The van der Waals surface area contributed by atoms with E-state index in [9.17, 15) is 14.4 Å². The Bertz CT molecular complexity index is 686. The Morgan fingerprint density at radius 3 is 2.78 bits per heavy atom. The van der Waals surface area contributed by atoms with Crippen LogP contribution in [0.5, 0.6) is 0 Å². The average Bonchev–Trinajstić information content (AvgIpc) is 3.11. The first-order valence-corrected chi connectivity index (χ1v) is 7.97. The van der Waals surface area contributed by atoms with E-state index in [4.69, 9.17) is 0 Å². The topological polar surface area (TPSA) is 88.1 Å². The van der Waals surface area contributed by atoms with Crippen molar-refractivity contribution in [2.24, 2.45) is 4.99 Å². The number of fused-ring (bicyclic) bond motifs is 1. The van der Waals surface area contributed by atoms with Crippen molar-refractivity contribution in [2.75, 3.05) is 25.5 Å². The molecule has 1 aromatic carbocycles. The van der Waals surface area contributed by atoms with Crippen LogP contribution in [-0.4, -0.2) is 53.3 Å². The summed E-state index contributed by atoms with van der Waals surface area (Å²) in [6.07, 6.45) is 0.0950. The summed E-state index contributed by atoms with van der Waals surface area (Å²) in [6, 6.07) is 6.38. The fourth-order valence-corrected chi connectivity index (χ4v) is 3.59. The van der Waals surface area contributed by atoms with Gasteiger partial charge in [0.05, 0.1) is 19.2 Å². The molecule has 2 heterocycles. The third kappa shape index (κ3) is 3.21. The molecule has 1 saturated heterocycles. The van der Waals surface area contributed by atoms with E-state index in [1.54, 1.807) is 29.2 Å². The first-order chi connectivity index (χ1) is 11.1. The highest BCUT2D eigenvalue weighted by molar-refractivity contribution is 8.15. The SMILES string of the molecule is COC(=O)c1ccc(NC(=O)CC2SC3=NCCN3C2=O)cc1. The minimum Gasteiger partial charge on any atom is -0.465 e. The number of nitrogens with zero attached hydrogens (tertiary/aromatic N) is 2. The molecule has 0 spiro atoms. The zero-order valence-corrected chi connectivity index (χ0v) is 13.3. The fraction of sp³-hybridized carbons (Fsp3) is 0.333. The number of methoxy groups -OCH3 is 1. The van der Waals surface area contributed by atoms with Crippen molar-refractivity contribution in [3.05, 3.63) is 29.8 Å². The minimum atomic E-state index is -0.433. The molecule has 8 heteroatoms. The van der Waals surface area contributed by atoms with Crippen molar-refractivity contribution in [1.29, 1.82) is 0 Å². The monoisotopic (exact) mass is 333 g/mol. The number of esters is 1. The van der Waals surface area contributed by atoms with Crippen molar-refractivity contribution < 1.29 is 19.1 Å². The van der Waals surface area contributed by atoms with Crippen LogP contribution in [0.2, 0.25) is 0 Å². The summed E-state index contributed by atoms with van der Waals surface area (Å²) in [5.41, 5.74) is 0.974. The molecule has 0 bridgehead atoms. The third-order valence-corrected chi connectivity index (χ3v) is 4.76. The lowest BCUT2D eigenvalue weighted by Gasteiger charge is -2.10. The van der Waals surface area contributed by atoms with Crippen LogP contribution >= 0.6 is 11.8 Å². The van der Waals surface area contributed by atoms with Gasteiger partial charge in [-0.25, -0.2) is 4.79 Å². The molecule has 1 atom stereocenters. The second-order valence-electron chi connectivity index (χ2n) is 5.08. The summed E-state index contributed by atoms with van der Waals surface area (Å²) in [5, 5.41) is 3.03. The Kier molecular flexibility index (Phi) is 4.33. The average molecular weight is 333 g/mol. The zero-order valence-electron chi connectivity index (χ0n) is 12.4. The minimum absolute atomic E-state index is 0.0533. The Labute approximate surface area is 137 Å². The van der Waals surface area contributed by atoms with Crippen LogP contribution in [0.1, 0.15) is 16.8 Å². The number of thioether (sulfide) groups is 1. The lowest BCUT2D eigenvalue weighted by molar-refractivity contribution is -0.127. The van der Waals surface area contributed by atoms with Crippen LogP contribution in [0.25, 0.3) is 0 Å². The molecule has 7 nitrogen and oxygen atoms in total. The molecule has 1 N–H and O–H groups in total. The summed E-state index contributed by atoms with van der Waals surface area (Å²) < 4.78 is 4.61. The molecule has 1 fully saturated rings. The van der Waals surface area contributed by atoms with Crippen molar-refractivity contribution >= 4 is 40.4 Å². The maximum absolute atomic E-state index is 12.1. The van der Waals surface area contributed by atoms with Crippen LogP contribution in [0.15, 0.2) is 29.3 Å². The molecule has 2 aliphatic rings. The van der Waals surface area contributed by atoms with E-state index >= 15 is 0 Å². The van der Waals surface area contributed by atoms with E-state index in [2.05, 4.69) is 15.0 Å². The first-order valence-electron chi connectivity index (χ1n) is 7.09. The van der Waals surface area contributed by atoms with Crippen molar-refractivity contribution in [1.82, 2.24) is 4.90 Å². The number of anilines is 1. The number of benzene rings is 1. The molecule has 1 unspecified atom stereocenters. The summed E-state index contributed by atoms with van der Waals surface area (Å²) in [6.45, 7) is 1.24. The summed E-state index contributed by atoms with van der Waals surface area (Å²) >= 11 is 1.34. The number of carbonyl (C=O) groups excluding carboxylic acids is 3. The van der Waals surface area contributed by atoms with E-state index in [1.807, 2.05) is 0 Å². The highest BCUT2D eigenvalue weighted by Gasteiger charge is 2.40. The molecule has 0 saturated carbocycles. The Morgan fingerprint density at radius 2 is 2.13 bits per heavy atom. The lowest BCUT2D eigenvalue weighted by atomic mass is 10.2. The van der Waals surface area contributed by atoms with E-state index in [-0.39, 0.29) is 18.2 Å². The second kappa shape index (κ2) is 6.41. The first kappa shape index (κ1) is 15.5. The number of carbonyl (C=O) groups is 3. The molecule has 120 valence electrons. The van der Waals surface area contributed by atoms with Gasteiger partial charge in [-0.05, 0) is 24.3 Å². The zero-order chi connectivity index (χ0) is 16.4. The van der Waals surface area contributed by atoms with Gasteiger partial charge in [-0.3, -0.25) is 19.5 Å². The Morgan fingerprint density at radius 1 is 1.39 bits per heavy atom. The van der Waals surface area contributed by atoms with E-state index in [1.165, 1.54) is 18.9 Å². The number of nitrogens with one attached hydrogen (secondary N) is 1. The predicted octanol–water partition coefficient (Wildman–Crippen LogP) is 1.12. The highest BCUT2D eigenvalue weighted by Crippen LogP contribution is 2.31. The molecule has 0 radical (unpaired) electrons. The predicted molar refractivity (Wildman–Crippen MR) is 86.4 cm³/mol. The molecular weight excluding hydrogens is 318 g/mol. The lowest BCUT2D eigenvalue weighted by Crippen LogP contribution is -2.32. The second-order valence-corrected chi connectivity index (χ2v) is 6.25. The van der Waals surface area contributed by atoms with Crippen LogP contribution in [-0.2, 0) is 14.3 Å². The summed E-state index contributed by atoms with van der Waals surface area (Å²) in [5.74, 6) is -0.733. The van der Waals surface area contributed by atoms with Gasteiger partial charge in [0.2, 0.25) is 11.8 Å². The largest absolute Gasteiger partial charge is 0.465 e. The number of hydrogen-bond donors (Lipinski definition) is 1. The highest BCUT2D eigenvalue weighted by atomic mass is 32.2. The van der Waals surface area contributed by atoms with Gasteiger partial charge in [0.15, 0.2) is 5.17 Å². The molecule has 0 aromatic heterocycles. The molecular formula is C15H15N3O4S. The summed E-state index contributed by atoms with van der Waals surface area (Å²) in [4.78, 5) is 41.4. The van der Waals surface area contributed by atoms with Gasteiger partial charge in [-0.2, -0.15) is 0 Å². The van der Waals surface area contributed by atoms with E-state index in [0.717, 1.165) is 5.17 Å². The number of aliphatic imine (C=N–C) groups is 1. The van der Waals surface area contributed by atoms with Gasteiger partial charge in [0.1, 0.15) is 5.25 Å². The quantitative estimate of drug-likeness (QED) is 0.834. The standard InChI is InChI=1S/C15H15N3O4S/c1-22-14(21)9-2-4-10(5-3-9)17-12(19)8-11-13(20)18-7-6-16-15(18)23-11/h2-5,11H,6-8H2,1H3,(H,17,19). The van der Waals surface area contributed by atoms with E-state index < -0.39 is 11.2 Å². The Balaban J connectivity index is 1.57. The van der Waals surface area contributed by atoms with Gasteiger partial charge in [-0.15, -0.1) is 0 Å². The van der Waals surface area contributed by atoms with Gasteiger partial charge in [0, 0.05) is 18.7 Å². The normalized spacial score (nSPS) is 19.3. The molecule has 23 heavy (non-hydrogen) atoms. The molecule has 2 aliphatic heterocycles. The molecule has 3 rings (SSSR count).